The van der Waals surface area contributed by atoms with E-state index in [2.05, 4.69) is 5.32 Å². The molecule has 1 atom stereocenters. The monoisotopic (exact) mass is 297 g/mol. The largest absolute Gasteiger partial charge is 0.451 e. The summed E-state index contributed by atoms with van der Waals surface area (Å²) in [5.74, 6) is -0.0922. The van der Waals surface area contributed by atoms with Crippen LogP contribution in [0.2, 0.25) is 5.02 Å². The van der Waals surface area contributed by atoms with E-state index in [0.717, 1.165) is 5.39 Å². The number of methoxy groups -OCH3 is 1. The first kappa shape index (κ1) is 14.8. The van der Waals surface area contributed by atoms with Gasteiger partial charge in [-0.25, -0.2) is 0 Å². The van der Waals surface area contributed by atoms with E-state index in [0.29, 0.717) is 23.6 Å². The molecule has 0 saturated heterocycles. The maximum absolute atomic E-state index is 11.9. The van der Waals surface area contributed by atoms with Crippen molar-refractivity contribution in [1.29, 1.82) is 0 Å². The predicted octanol–water partition coefficient (Wildman–Crippen LogP) is 2.21. The van der Waals surface area contributed by atoms with Gasteiger partial charge in [-0.05, 0) is 30.7 Å². The van der Waals surface area contributed by atoms with Crippen molar-refractivity contribution in [2.24, 2.45) is 0 Å². The number of rotatable bonds is 6. The highest BCUT2D eigenvalue weighted by atomic mass is 35.5. The molecule has 1 heterocycles. The summed E-state index contributed by atoms with van der Waals surface area (Å²) in [6.07, 6.45) is -0.166. The van der Waals surface area contributed by atoms with Gasteiger partial charge < -0.3 is 19.6 Å². The van der Waals surface area contributed by atoms with Crippen LogP contribution in [0.3, 0.4) is 0 Å². The van der Waals surface area contributed by atoms with Crippen molar-refractivity contribution in [3.8, 4) is 0 Å². The van der Waals surface area contributed by atoms with Gasteiger partial charge in [-0.15, -0.1) is 0 Å². The Labute approximate surface area is 121 Å². The molecule has 0 saturated carbocycles. The molecule has 20 heavy (non-hydrogen) atoms. The molecule has 2 rings (SSSR count). The van der Waals surface area contributed by atoms with Crippen LogP contribution in [0, 0.1) is 0 Å². The highest BCUT2D eigenvalue weighted by molar-refractivity contribution is 6.31. The van der Waals surface area contributed by atoms with Crippen LogP contribution in [0.5, 0.6) is 0 Å². The van der Waals surface area contributed by atoms with Gasteiger partial charge in [-0.3, -0.25) is 4.79 Å². The maximum atomic E-state index is 11.9. The van der Waals surface area contributed by atoms with Crippen molar-refractivity contribution >= 4 is 28.5 Å². The van der Waals surface area contributed by atoms with Crippen molar-refractivity contribution in [2.45, 2.75) is 12.5 Å². The van der Waals surface area contributed by atoms with Crippen LogP contribution in [0.15, 0.2) is 28.7 Å². The van der Waals surface area contributed by atoms with E-state index in [4.69, 9.17) is 20.8 Å². The Morgan fingerprint density at radius 3 is 3.05 bits per heavy atom. The molecule has 1 unspecified atom stereocenters. The van der Waals surface area contributed by atoms with Crippen LogP contribution in [-0.4, -0.2) is 37.4 Å². The highest BCUT2D eigenvalue weighted by Gasteiger charge is 2.12. The summed E-state index contributed by atoms with van der Waals surface area (Å²) in [5.41, 5.74) is 0.610. The maximum Gasteiger partial charge on any atom is 0.287 e. The summed E-state index contributed by atoms with van der Waals surface area (Å²) >= 11 is 5.87. The molecule has 0 spiro atoms. The minimum absolute atomic E-state index is 0.225. The lowest BCUT2D eigenvalue weighted by Gasteiger charge is -2.09. The molecule has 6 heteroatoms. The van der Waals surface area contributed by atoms with E-state index in [1.165, 1.54) is 7.11 Å². The first-order valence-electron chi connectivity index (χ1n) is 6.24. The molecule has 0 aliphatic rings. The molecule has 0 fully saturated rings. The Bertz CT molecular complexity index is 596. The molecule has 1 aromatic heterocycles. The van der Waals surface area contributed by atoms with Gasteiger partial charge in [0.05, 0.1) is 12.7 Å². The average molecular weight is 298 g/mol. The van der Waals surface area contributed by atoms with Crippen LogP contribution in [0.1, 0.15) is 17.0 Å². The number of ether oxygens (including phenoxy) is 1. The van der Waals surface area contributed by atoms with E-state index in [1.807, 2.05) is 0 Å². The second-order valence-electron chi connectivity index (χ2n) is 4.45. The van der Waals surface area contributed by atoms with Crippen LogP contribution < -0.4 is 5.32 Å². The Hall–Kier alpha value is -1.56. The fraction of sp³-hybridized carbons (Fsp3) is 0.357. The van der Waals surface area contributed by atoms with E-state index >= 15 is 0 Å². The number of aliphatic hydroxyl groups excluding tert-OH is 1. The van der Waals surface area contributed by atoms with Crippen LogP contribution in [0.25, 0.3) is 11.0 Å². The summed E-state index contributed by atoms with van der Waals surface area (Å²) in [5, 5.41) is 13.5. The number of benzene rings is 1. The second-order valence-corrected chi connectivity index (χ2v) is 4.88. The smallest absolute Gasteiger partial charge is 0.287 e. The summed E-state index contributed by atoms with van der Waals surface area (Å²) in [4.78, 5) is 11.9. The van der Waals surface area contributed by atoms with Gasteiger partial charge >= 0.3 is 0 Å². The number of fused-ring (bicyclic) bond motifs is 1. The molecule has 108 valence electrons. The lowest BCUT2D eigenvalue weighted by atomic mass is 10.2. The van der Waals surface area contributed by atoms with Crippen LogP contribution in [-0.2, 0) is 4.74 Å². The average Bonchev–Trinajstić information content (AvgIpc) is 2.82. The van der Waals surface area contributed by atoms with Crippen molar-refractivity contribution in [1.82, 2.24) is 5.32 Å². The van der Waals surface area contributed by atoms with Gasteiger partial charge in [0.1, 0.15) is 5.58 Å². The number of carbonyl (C=O) groups is 1. The van der Waals surface area contributed by atoms with Crippen molar-refractivity contribution in [2.75, 3.05) is 20.3 Å². The third-order valence-corrected chi connectivity index (χ3v) is 3.06. The summed E-state index contributed by atoms with van der Waals surface area (Å²) in [7, 11) is 1.52. The third kappa shape index (κ3) is 3.72. The summed E-state index contributed by atoms with van der Waals surface area (Å²) in [6, 6.07) is 6.80. The summed E-state index contributed by atoms with van der Waals surface area (Å²) in [6.45, 7) is 0.597. The Kier molecular flexibility index (Phi) is 5.00. The Morgan fingerprint density at radius 1 is 1.50 bits per heavy atom. The molecule has 0 aliphatic carbocycles. The number of amides is 1. The fourth-order valence-electron chi connectivity index (χ4n) is 1.84. The molecule has 0 radical (unpaired) electrons. The first-order chi connectivity index (χ1) is 9.60. The van der Waals surface area contributed by atoms with E-state index in [9.17, 15) is 9.90 Å². The van der Waals surface area contributed by atoms with Gasteiger partial charge in [-0.1, -0.05) is 11.6 Å². The molecule has 0 bridgehead atoms. The topological polar surface area (TPSA) is 71.7 Å². The van der Waals surface area contributed by atoms with E-state index in [1.54, 1.807) is 24.3 Å². The Morgan fingerprint density at radius 2 is 2.30 bits per heavy atom. The molecule has 5 nitrogen and oxygen atoms in total. The number of aliphatic hydroxyl groups is 1. The van der Waals surface area contributed by atoms with Crippen molar-refractivity contribution in [3.05, 3.63) is 35.0 Å². The van der Waals surface area contributed by atoms with Gasteiger partial charge in [-0.2, -0.15) is 0 Å². The number of furan rings is 1. The number of hydrogen-bond acceptors (Lipinski definition) is 4. The second kappa shape index (κ2) is 6.74. The predicted molar refractivity (Wildman–Crippen MR) is 76.1 cm³/mol. The normalized spacial score (nSPS) is 12.6. The molecule has 1 amide bonds. The zero-order chi connectivity index (χ0) is 14.5. The minimum atomic E-state index is -0.588. The van der Waals surface area contributed by atoms with Gasteiger partial charge in [0.15, 0.2) is 5.76 Å². The molecule has 1 aromatic carbocycles. The van der Waals surface area contributed by atoms with Gasteiger partial charge in [0, 0.05) is 24.1 Å². The fourth-order valence-corrected chi connectivity index (χ4v) is 2.02. The molecular formula is C14H16ClNO4. The lowest BCUT2D eigenvalue weighted by molar-refractivity contribution is 0.0586. The third-order valence-electron chi connectivity index (χ3n) is 2.82. The van der Waals surface area contributed by atoms with Gasteiger partial charge in [0.25, 0.3) is 5.91 Å². The number of hydrogen-bond donors (Lipinski definition) is 2. The zero-order valence-electron chi connectivity index (χ0n) is 11.1. The van der Waals surface area contributed by atoms with E-state index < -0.39 is 6.10 Å². The van der Waals surface area contributed by atoms with Crippen LogP contribution in [0.4, 0.5) is 0 Å². The van der Waals surface area contributed by atoms with E-state index in [-0.39, 0.29) is 18.3 Å². The molecule has 2 aromatic rings. The SMILES string of the molecule is COCC(O)CCNC(=O)c1cc2cc(Cl)ccc2o1. The first-order valence-corrected chi connectivity index (χ1v) is 6.62. The standard InChI is InChI=1S/C14H16ClNO4/c1-19-8-11(17)4-5-16-14(18)13-7-9-6-10(15)2-3-12(9)20-13/h2-3,6-7,11,17H,4-5,8H2,1H3,(H,16,18). The van der Waals surface area contributed by atoms with Gasteiger partial charge in [0.2, 0.25) is 0 Å². The lowest BCUT2D eigenvalue weighted by Crippen LogP contribution is -2.28. The minimum Gasteiger partial charge on any atom is -0.451 e. The number of halogens is 1. The van der Waals surface area contributed by atoms with Crippen LogP contribution >= 0.6 is 11.6 Å². The zero-order valence-corrected chi connectivity index (χ0v) is 11.8. The summed E-state index contributed by atoms with van der Waals surface area (Å²) < 4.78 is 10.2. The molecule has 0 aliphatic heterocycles. The van der Waals surface area contributed by atoms with Crippen molar-refractivity contribution < 1.29 is 19.1 Å². The molecular weight excluding hydrogens is 282 g/mol. The van der Waals surface area contributed by atoms with Crippen molar-refractivity contribution in [3.63, 3.8) is 0 Å². The highest BCUT2D eigenvalue weighted by Crippen LogP contribution is 2.22. The Balaban J connectivity index is 1.94. The molecule has 2 N–H and O–H groups in total. The number of nitrogens with one attached hydrogen (secondary N) is 1. The number of carbonyl (C=O) groups excluding carboxylic acids is 1. The quantitative estimate of drug-likeness (QED) is 0.857.